The molecular weight excluding hydrogens is 218 g/mol. The van der Waals surface area contributed by atoms with Crippen LogP contribution in [0.5, 0.6) is 0 Å². The number of aliphatic carboxylic acids is 1. The molecule has 2 aromatic rings. The predicted molar refractivity (Wildman–Crippen MR) is 54.1 cm³/mol. The molecule has 2 aromatic heterocycles. The Labute approximate surface area is 90.3 Å². The highest BCUT2D eigenvalue weighted by molar-refractivity contribution is 6.30. The number of fused-ring (bicyclic) bond motifs is 1. The number of aromatic nitrogens is 3. The monoisotopic (exact) mass is 225 g/mol. The van der Waals surface area contributed by atoms with Gasteiger partial charge in [-0.2, -0.15) is 0 Å². The van der Waals surface area contributed by atoms with Crippen molar-refractivity contribution in [2.24, 2.45) is 0 Å². The normalized spacial score (nSPS) is 10.8. The fraction of sp³-hybridized carbons (Fsp3) is 0.222. The van der Waals surface area contributed by atoms with E-state index in [-0.39, 0.29) is 6.42 Å². The van der Waals surface area contributed by atoms with E-state index in [0.29, 0.717) is 22.2 Å². The predicted octanol–water partition coefficient (Wildman–Crippen LogP) is 1.32. The van der Waals surface area contributed by atoms with Crippen LogP contribution < -0.4 is 0 Å². The van der Waals surface area contributed by atoms with E-state index in [1.54, 1.807) is 17.5 Å². The number of carboxylic acid groups (broad SMARTS) is 1. The van der Waals surface area contributed by atoms with Gasteiger partial charge in [0, 0.05) is 12.4 Å². The van der Waals surface area contributed by atoms with E-state index in [9.17, 15) is 4.79 Å². The van der Waals surface area contributed by atoms with Crippen LogP contribution in [0.1, 0.15) is 11.3 Å². The molecule has 0 bridgehead atoms. The summed E-state index contributed by atoms with van der Waals surface area (Å²) in [6.07, 6.45) is 3.06. The molecule has 0 spiro atoms. The van der Waals surface area contributed by atoms with E-state index in [1.807, 2.05) is 0 Å². The molecule has 2 rings (SSSR count). The molecule has 15 heavy (non-hydrogen) atoms. The van der Waals surface area contributed by atoms with E-state index in [1.165, 1.54) is 6.20 Å². The summed E-state index contributed by atoms with van der Waals surface area (Å²) in [7, 11) is 0. The molecule has 0 amide bonds. The maximum Gasteiger partial charge on any atom is 0.307 e. The van der Waals surface area contributed by atoms with E-state index in [4.69, 9.17) is 16.7 Å². The minimum atomic E-state index is -0.899. The highest BCUT2D eigenvalue weighted by Gasteiger charge is 2.08. The molecule has 0 saturated heterocycles. The number of aryl methyl sites for hydroxylation is 1. The molecule has 0 aliphatic heterocycles. The molecule has 0 saturated carbocycles. The first-order chi connectivity index (χ1) is 7.08. The molecule has 0 radical (unpaired) electrons. The van der Waals surface area contributed by atoms with Crippen molar-refractivity contribution in [3.05, 3.63) is 28.8 Å². The van der Waals surface area contributed by atoms with Crippen LogP contribution in [-0.4, -0.2) is 25.4 Å². The Morgan fingerprint density at radius 2 is 2.40 bits per heavy atom. The molecule has 0 atom stereocenters. The smallest absolute Gasteiger partial charge is 0.307 e. The lowest BCUT2D eigenvalue weighted by atomic mass is 10.2. The first-order valence-corrected chi connectivity index (χ1v) is 4.66. The maximum absolute atomic E-state index is 10.5. The average molecular weight is 226 g/mol. The molecule has 0 aromatic carbocycles. The van der Waals surface area contributed by atoms with Gasteiger partial charge in [0.15, 0.2) is 0 Å². The lowest BCUT2D eigenvalue weighted by Crippen LogP contribution is -2.02. The maximum atomic E-state index is 10.5. The van der Waals surface area contributed by atoms with Crippen molar-refractivity contribution in [2.45, 2.75) is 13.3 Å². The van der Waals surface area contributed by atoms with Crippen molar-refractivity contribution in [1.29, 1.82) is 0 Å². The third kappa shape index (κ3) is 1.78. The van der Waals surface area contributed by atoms with E-state index in [2.05, 4.69) is 9.97 Å². The van der Waals surface area contributed by atoms with Crippen molar-refractivity contribution in [3.63, 3.8) is 0 Å². The van der Waals surface area contributed by atoms with Gasteiger partial charge in [0.1, 0.15) is 5.15 Å². The van der Waals surface area contributed by atoms with Gasteiger partial charge >= 0.3 is 5.97 Å². The number of carboxylic acids is 1. The molecule has 1 N–H and O–H groups in total. The molecular formula is C9H8ClN3O2. The zero-order chi connectivity index (χ0) is 11.0. The van der Waals surface area contributed by atoms with Crippen LogP contribution in [0, 0.1) is 6.92 Å². The number of carbonyl (C=O) groups is 1. The van der Waals surface area contributed by atoms with Gasteiger partial charge in [-0.3, -0.25) is 9.20 Å². The highest BCUT2D eigenvalue weighted by atomic mass is 35.5. The van der Waals surface area contributed by atoms with Crippen molar-refractivity contribution in [2.75, 3.05) is 0 Å². The standard InChI is InChI=1S/C9H8ClN3O2/c1-5-8(10)13-4-6(2-7(14)15)3-11-9(13)12-5/h3-4H,2H2,1H3,(H,14,15). The van der Waals surface area contributed by atoms with Crippen molar-refractivity contribution in [3.8, 4) is 0 Å². The lowest BCUT2D eigenvalue weighted by molar-refractivity contribution is -0.136. The number of imidazole rings is 1. The molecule has 78 valence electrons. The number of halogens is 1. The summed E-state index contributed by atoms with van der Waals surface area (Å²) in [6, 6.07) is 0. The molecule has 6 heteroatoms. The largest absolute Gasteiger partial charge is 0.481 e. The molecule has 0 aliphatic rings. The SMILES string of the molecule is Cc1nc2ncc(CC(=O)O)cn2c1Cl. The summed E-state index contributed by atoms with van der Waals surface area (Å²) in [4.78, 5) is 18.6. The molecule has 0 aliphatic carbocycles. The third-order valence-corrected chi connectivity index (χ3v) is 2.44. The van der Waals surface area contributed by atoms with Crippen LogP contribution in [0.15, 0.2) is 12.4 Å². The summed E-state index contributed by atoms with van der Waals surface area (Å²) in [6.45, 7) is 1.77. The van der Waals surface area contributed by atoms with E-state index < -0.39 is 5.97 Å². The fourth-order valence-electron chi connectivity index (χ4n) is 1.32. The van der Waals surface area contributed by atoms with Gasteiger partial charge in [-0.25, -0.2) is 9.97 Å². The molecule has 2 heterocycles. The molecule has 0 fully saturated rings. The Hall–Kier alpha value is -1.62. The van der Waals surface area contributed by atoms with Crippen LogP contribution in [0.3, 0.4) is 0 Å². The van der Waals surface area contributed by atoms with E-state index >= 15 is 0 Å². The minimum absolute atomic E-state index is 0.0729. The highest BCUT2D eigenvalue weighted by Crippen LogP contribution is 2.16. The second-order valence-electron chi connectivity index (χ2n) is 3.19. The van der Waals surface area contributed by atoms with Gasteiger partial charge in [-0.15, -0.1) is 0 Å². The topological polar surface area (TPSA) is 67.5 Å². The number of hydrogen-bond acceptors (Lipinski definition) is 3. The average Bonchev–Trinajstić information content (AvgIpc) is 2.43. The Morgan fingerprint density at radius 1 is 1.67 bits per heavy atom. The Bertz CT molecular complexity index is 535. The van der Waals surface area contributed by atoms with Gasteiger partial charge in [0.05, 0.1) is 12.1 Å². The second kappa shape index (κ2) is 3.51. The summed E-state index contributed by atoms with van der Waals surface area (Å²) < 4.78 is 1.58. The van der Waals surface area contributed by atoms with Crippen molar-refractivity contribution < 1.29 is 9.90 Å². The lowest BCUT2D eigenvalue weighted by Gasteiger charge is -1.98. The van der Waals surface area contributed by atoms with Gasteiger partial charge in [-0.05, 0) is 12.5 Å². The van der Waals surface area contributed by atoms with Crippen molar-refractivity contribution >= 4 is 23.3 Å². The minimum Gasteiger partial charge on any atom is -0.481 e. The zero-order valence-electron chi connectivity index (χ0n) is 7.94. The quantitative estimate of drug-likeness (QED) is 0.837. The third-order valence-electron chi connectivity index (χ3n) is 1.99. The summed E-state index contributed by atoms with van der Waals surface area (Å²) in [5.41, 5.74) is 1.27. The zero-order valence-corrected chi connectivity index (χ0v) is 8.69. The van der Waals surface area contributed by atoms with Gasteiger partial charge in [-0.1, -0.05) is 11.6 Å². The van der Waals surface area contributed by atoms with Gasteiger partial charge < -0.3 is 5.11 Å². The first-order valence-electron chi connectivity index (χ1n) is 4.29. The van der Waals surface area contributed by atoms with Crippen LogP contribution in [0.2, 0.25) is 5.15 Å². The Kier molecular flexibility index (Phi) is 2.32. The van der Waals surface area contributed by atoms with Crippen molar-refractivity contribution in [1.82, 2.24) is 14.4 Å². The second-order valence-corrected chi connectivity index (χ2v) is 3.55. The molecule has 5 nitrogen and oxygen atoms in total. The van der Waals surface area contributed by atoms with Crippen LogP contribution in [0.25, 0.3) is 5.78 Å². The van der Waals surface area contributed by atoms with Crippen LogP contribution in [0.4, 0.5) is 0 Å². The Morgan fingerprint density at radius 3 is 3.07 bits per heavy atom. The van der Waals surface area contributed by atoms with Gasteiger partial charge in [0.2, 0.25) is 5.78 Å². The van der Waals surface area contributed by atoms with Crippen LogP contribution >= 0.6 is 11.6 Å². The Balaban J connectivity index is 2.54. The van der Waals surface area contributed by atoms with E-state index in [0.717, 1.165) is 0 Å². The van der Waals surface area contributed by atoms with Gasteiger partial charge in [0.25, 0.3) is 0 Å². The number of nitrogens with zero attached hydrogens (tertiary/aromatic N) is 3. The summed E-state index contributed by atoms with van der Waals surface area (Å²) >= 11 is 5.96. The summed E-state index contributed by atoms with van der Waals surface area (Å²) in [5.74, 6) is -0.421. The van der Waals surface area contributed by atoms with Crippen LogP contribution in [-0.2, 0) is 11.2 Å². The summed E-state index contributed by atoms with van der Waals surface area (Å²) in [5, 5.41) is 9.09. The number of rotatable bonds is 2. The molecule has 0 unspecified atom stereocenters. The first kappa shape index (κ1) is 9.92. The number of hydrogen-bond donors (Lipinski definition) is 1. The fourth-order valence-corrected chi connectivity index (χ4v) is 1.49.